The average molecular weight is 239 g/mol. The summed E-state index contributed by atoms with van der Waals surface area (Å²) in [5.74, 6) is -0.702. The minimum atomic E-state index is -0.903. The number of rotatable bonds is 2. The smallest absolute Gasteiger partial charge is 0.227 e. The van der Waals surface area contributed by atoms with E-state index in [4.69, 9.17) is 0 Å². The largest absolute Gasteiger partial charge is 0.388 e. The van der Waals surface area contributed by atoms with Gasteiger partial charge >= 0.3 is 0 Å². The zero-order valence-electron chi connectivity index (χ0n) is 9.21. The van der Waals surface area contributed by atoms with Crippen molar-refractivity contribution in [2.24, 2.45) is 0 Å². The normalized spacial score (nSPS) is 24.1. The molecule has 1 heterocycles. The summed E-state index contributed by atoms with van der Waals surface area (Å²) >= 11 is 0. The van der Waals surface area contributed by atoms with Gasteiger partial charge in [-0.15, -0.1) is 0 Å². The SMILES string of the molecule is O=C(Cc1ccccc1F)N1C[C@@H](O)[C@@H](O)C1. The fraction of sp³-hybridized carbons (Fsp3) is 0.417. The number of likely N-dealkylation sites (tertiary alicyclic amines) is 1. The Morgan fingerprint density at radius 1 is 1.29 bits per heavy atom. The van der Waals surface area contributed by atoms with Crippen molar-refractivity contribution in [2.75, 3.05) is 13.1 Å². The highest BCUT2D eigenvalue weighted by Gasteiger charge is 2.32. The monoisotopic (exact) mass is 239 g/mol. The summed E-state index contributed by atoms with van der Waals surface area (Å²) < 4.78 is 13.3. The van der Waals surface area contributed by atoms with Gasteiger partial charge in [-0.2, -0.15) is 0 Å². The van der Waals surface area contributed by atoms with Crippen molar-refractivity contribution in [3.8, 4) is 0 Å². The molecule has 4 nitrogen and oxygen atoms in total. The summed E-state index contributed by atoms with van der Waals surface area (Å²) in [5, 5.41) is 18.6. The lowest BCUT2D eigenvalue weighted by molar-refractivity contribution is -0.130. The Hall–Kier alpha value is -1.46. The number of hydrogen-bond donors (Lipinski definition) is 2. The van der Waals surface area contributed by atoms with Gasteiger partial charge in [0.15, 0.2) is 0 Å². The molecule has 17 heavy (non-hydrogen) atoms. The van der Waals surface area contributed by atoms with Gasteiger partial charge in [-0.3, -0.25) is 4.79 Å². The van der Waals surface area contributed by atoms with E-state index in [9.17, 15) is 19.4 Å². The Kier molecular flexibility index (Phi) is 3.40. The molecule has 1 aromatic carbocycles. The molecule has 5 heteroatoms. The molecule has 1 saturated heterocycles. The first-order valence-electron chi connectivity index (χ1n) is 5.45. The van der Waals surface area contributed by atoms with Crippen LogP contribution in [0.2, 0.25) is 0 Å². The maximum Gasteiger partial charge on any atom is 0.227 e. The topological polar surface area (TPSA) is 60.8 Å². The number of β-amino-alcohol motifs (C(OH)–C–C–N with tert-alkyl or cyclic N) is 2. The molecule has 2 atom stereocenters. The van der Waals surface area contributed by atoms with Crippen LogP contribution in [0.1, 0.15) is 5.56 Å². The van der Waals surface area contributed by atoms with Gasteiger partial charge in [0.05, 0.1) is 18.6 Å². The van der Waals surface area contributed by atoms with Crippen LogP contribution in [0.15, 0.2) is 24.3 Å². The zero-order chi connectivity index (χ0) is 12.4. The number of amides is 1. The van der Waals surface area contributed by atoms with Crippen molar-refractivity contribution in [3.05, 3.63) is 35.6 Å². The molecule has 1 aliphatic heterocycles. The molecule has 1 fully saturated rings. The standard InChI is InChI=1S/C12H14FNO3/c13-9-4-2-1-3-8(9)5-12(17)14-6-10(15)11(16)7-14/h1-4,10-11,15-16H,5-7H2/t10-,11+. The highest BCUT2D eigenvalue weighted by Crippen LogP contribution is 2.14. The summed E-state index contributed by atoms with van der Waals surface area (Å²) in [7, 11) is 0. The summed E-state index contributed by atoms with van der Waals surface area (Å²) in [6.45, 7) is 0.211. The van der Waals surface area contributed by atoms with Gasteiger partial charge in [-0.1, -0.05) is 18.2 Å². The number of aliphatic hydroxyl groups excluding tert-OH is 2. The minimum Gasteiger partial charge on any atom is -0.388 e. The first kappa shape index (κ1) is 12.0. The van der Waals surface area contributed by atoms with Crippen molar-refractivity contribution < 1.29 is 19.4 Å². The number of nitrogens with zero attached hydrogens (tertiary/aromatic N) is 1. The number of benzene rings is 1. The zero-order valence-corrected chi connectivity index (χ0v) is 9.21. The lowest BCUT2D eigenvalue weighted by atomic mass is 10.1. The molecule has 2 rings (SSSR count). The molecule has 0 spiro atoms. The maximum atomic E-state index is 13.3. The molecule has 0 unspecified atom stereocenters. The van der Waals surface area contributed by atoms with E-state index in [-0.39, 0.29) is 25.4 Å². The van der Waals surface area contributed by atoms with E-state index in [0.29, 0.717) is 5.56 Å². The molecule has 0 saturated carbocycles. The van der Waals surface area contributed by atoms with E-state index in [1.807, 2.05) is 0 Å². The van der Waals surface area contributed by atoms with Gasteiger partial charge in [-0.25, -0.2) is 4.39 Å². The molecular weight excluding hydrogens is 225 g/mol. The van der Waals surface area contributed by atoms with Crippen molar-refractivity contribution >= 4 is 5.91 Å². The lowest BCUT2D eigenvalue weighted by Gasteiger charge is -2.15. The molecule has 0 aliphatic carbocycles. The van der Waals surface area contributed by atoms with Gasteiger partial charge in [0.1, 0.15) is 5.82 Å². The van der Waals surface area contributed by atoms with E-state index < -0.39 is 18.0 Å². The number of carbonyl (C=O) groups is 1. The first-order chi connectivity index (χ1) is 8.08. The van der Waals surface area contributed by atoms with Crippen LogP contribution in [0.5, 0.6) is 0 Å². The summed E-state index contributed by atoms with van der Waals surface area (Å²) in [6, 6.07) is 6.08. The maximum absolute atomic E-state index is 13.3. The summed E-state index contributed by atoms with van der Waals surface area (Å²) in [5.41, 5.74) is 0.327. The quantitative estimate of drug-likeness (QED) is 0.759. The third kappa shape index (κ3) is 2.62. The number of aliphatic hydroxyl groups is 2. The second-order valence-electron chi connectivity index (χ2n) is 4.20. The highest BCUT2D eigenvalue weighted by atomic mass is 19.1. The fourth-order valence-electron chi connectivity index (χ4n) is 1.89. The first-order valence-corrected chi connectivity index (χ1v) is 5.45. The van der Waals surface area contributed by atoms with Crippen molar-refractivity contribution in [1.29, 1.82) is 0 Å². The Morgan fingerprint density at radius 2 is 1.88 bits per heavy atom. The molecule has 0 aromatic heterocycles. The third-order valence-corrected chi connectivity index (χ3v) is 2.91. The average Bonchev–Trinajstić information content (AvgIpc) is 2.63. The van der Waals surface area contributed by atoms with Crippen molar-refractivity contribution in [3.63, 3.8) is 0 Å². The summed E-state index contributed by atoms with van der Waals surface area (Å²) in [6.07, 6.45) is -1.86. The van der Waals surface area contributed by atoms with Crippen LogP contribution in [-0.2, 0) is 11.2 Å². The van der Waals surface area contributed by atoms with Crippen LogP contribution in [0.25, 0.3) is 0 Å². The molecule has 1 aliphatic rings. The van der Waals surface area contributed by atoms with Gasteiger partial charge in [0, 0.05) is 13.1 Å². The molecule has 92 valence electrons. The van der Waals surface area contributed by atoms with Crippen molar-refractivity contribution in [1.82, 2.24) is 4.90 Å². The Balaban J connectivity index is 2.01. The predicted octanol–water partition coefficient (Wildman–Crippen LogP) is -0.0678. The van der Waals surface area contributed by atoms with Crippen LogP contribution in [0.4, 0.5) is 4.39 Å². The van der Waals surface area contributed by atoms with E-state index in [0.717, 1.165) is 0 Å². The third-order valence-electron chi connectivity index (χ3n) is 2.91. The van der Waals surface area contributed by atoms with E-state index in [2.05, 4.69) is 0 Å². The molecule has 0 bridgehead atoms. The van der Waals surface area contributed by atoms with E-state index >= 15 is 0 Å². The van der Waals surface area contributed by atoms with E-state index in [1.165, 1.54) is 11.0 Å². The van der Waals surface area contributed by atoms with Gasteiger partial charge in [0.25, 0.3) is 0 Å². The van der Waals surface area contributed by atoms with Crippen LogP contribution in [0.3, 0.4) is 0 Å². The predicted molar refractivity (Wildman–Crippen MR) is 58.7 cm³/mol. The highest BCUT2D eigenvalue weighted by molar-refractivity contribution is 5.79. The van der Waals surface area contributed by atoms with Crippen LogP contribution < -0.4 is 0 Å². The summed E-state index contributed by atoms with van der Waals surface area (Å²) in [4.78, 5) is 13.1. The Morgan fingerprint density at radius 3 is 2.47 bits per heavy atom. The second-order valence-corrected chi connectivity index (χ2v) is 4.20. The molecular formula is C12H14FNO3. The second kappa shape index (κ2) is 4.81. The minimum absolute atomic E-state index is 0.0495. The van der Waals surface area contributed by atoms with Crippen LogP contribution in [-0.4, -0.2) is 46.3 Å². The molecule has 1 aromatic rings. The van der Waals surface area contributed by atoms with Crippen LogP contribution in [0, 0.1) is 5.82 Å². The van der Waals surface area contributed by atoms with Crippen molar-refractivity contribution in [2.45, 2.75) is 18.6 Å². The number of carbonyl (C=O) groups excluding carboxylic acids is 1. The lowest BCUT2D eigenvalue weighted by Crippen LogP contribution is -2.31. The number of hydrogen-bond acceptors (Lipinski definition) is 3. The number of halogens is 1. The van der Waals surface area contributed by atoms with Gasteiger partial charge < -0.3 is 15.1 Å². The Labute approximate surface area is 98.3 Å². The Bertz CT molecular complexity index is 414. The fourth-order valence-corrected chi connectivity index (χ4v) is 1.89. The van der Waals surface area contributed by atoms with Crippen LogP contribution >= 0.6 is 0 Å². The molecule has 1 amide bonds. The molecule has 0 radical (unpaired) electrons. The van der Waals surface area contributed by atoms with Gasteiger partial charge in [-0.05, 0) is 11.6 Å². The van der Waals surface area contributed by atoms with Gasteiger partial charge in [0.2, 0.25) is 5.91 Å². The molecule has 2 N–H and O–H groups in total. The van der Waals surface area contributed by atoms with E-state index in [1.54, 1.807) is 18.2 Å².